The van der Waals surface area contributed by atoms with Gasteiger partial charge in [0, 0.05) is 28.6 Å². The molecule has 0 unspecified atom stereocenters. The fourth-order valence-corrected chi connectivity index (χ4v) is 2.73. The molecule has 102 valence electrons. The lowest BCUT2D eigenvalue weighted by atomic mass is 10.2. The van der Waals surface area contributed by atoms with Gasteiger partial charge in [0.05, 0.1) is 5.52 Å². The molecule has 0 fully saturated rings. The van der Waals surface area contributed by atoms with Gasteiger partial charge in [-0.15, -0.1) is 0 Å². The van der Waals surface area contributed by atoms with Gasteiger partial charge in [0.1, 0.15) is 11.6 Å². The van der Waals surface area contributed by atoms with Gasteiger partial charge in [-0.3, -0.25) is 0 Å². The highest BCUT2D eigenvalue weighted by Crippen LogP contribution is 2.30. The average Bonchev–Trinajstić information content (AvgIpc) is 2.83. The third-order valence-electron chi connectivity index (χ3n) is 2.97. The van der Waals surface area contributed by atoms with Crippen LogP contribution >= 0.6 is 31.9 Å². The third-order valence-corrected chi connectivity index (χ3v) is 4.16. The van der Waals surface area contributed by atoms with E-state index in [1.165, 1.54) is 0 Å². The third kappa shape index (κ3) is 2.45. The van der Waals surface area contributed by atoms with E-state index >= 15 is 0 Å². The maximum absolute atomic E-state index is 4.58. The summed E-state index contributed by atoms with van der Waals surface area (Å²) in [4.78, 5) is 14.4. The molecule has 3 rings (SSSR count). The minimum atomic E-state index is 0.720. The van der Waals surface area contributed by atoms with Crippen molar-refractivity contribution in [3.05, 3.63) is 39.3 Å². The second kappa shape index (κ2) is 5.18. The predicted molar refractivity (Wildman–Crippen MR) is 89.1 cm³/mol. The zero-order valence-electron chi connectivity index (χ0n) is 11.0. The SMILES string of the molecule is CN(C)c1ccc2[nH]c(-c3cc(Br)ccc3Br)nc2n1. The number of nitrogens with zero attached hydrogens (tertiary/aromatic N) is 3. The number of aromatic nitrogens is 3. The first kappa shape index (κ1) is 13.6. The molecular weight excluding hydrogens is 384 g/mol. The van der Waals surface area contributed by atoms with Gasteiger partial charge in [0.15, 0.2) is 5.65 Å². The molecule has 6 heteroatoms. The van der Waals surface area contributed by atoms with Crippen molar-refractivity contribution in [2.75, 3.05) is 19.0 Å². The predicted octanol–water partition coefficient (Wildman–Crippen LogP) is 4.22. The van der Waals surface area contributed by atoms with Crippen molar-refractivity contribution in [3.8, 4) is 11.4 Å². The number of aromatic amines is 1. The summed E-state index contributed by atoms with van der Waals surface area (Å²) >= 11 is 7.04. The first-order valence-electron chi connectivity index (χ1n) is 6.04. The van der Waals surface area contributed by atoms with Crippen LogP contribution in [0.1, 0.15) is 0 Å². The van der Waals surface area contributed by atoms with Crippen molar-refractivity contribution in [2.24, 2.45) is 0 Å². The average molecular weight is 396 g/mol. The Balaban J connectivity index is 2.15. The van der Waals surface area contributed by atoms with Crippen LogP contribution in [-0.2, 0) is 0 Å². The molecule has 0 aliphatic rings. The largest absolute Gasteiger partial charge is 0.363 e. The maximum Gasteiger partial charge on any atom is 0.180 e. The van der Waals surface area contributed by atoms with Crippen molar-refractivity contribution in [2.45, 2.75) is 0 Å². The summed E-state index contributed by atoms with van der Waals surface area (Å²) in [5.41, 5.74) is 2.65. The van der Waals surface area contributed by atoms with Gasteiger partial charge in [0.2, 0.25) is 0 Å². The summed E-state index contributed by atoms with van der Waals surface area (Å²) in [6, 6.07) is 9.97. The molecule has 1 N–H and O–H groups in total. The number of fused-ring (bicyclic) bond motifs is 1. The minimum absolute atomic E-state index is 0.720. The van der Waals surface area contributed by atoms with Crippen LogP contribution in [0, 0.1) is 0 Å². The zero-order chi connectivity index (χ0) is 14.3. The number of pyridine rings is 1. The standard InChI is InChI=1S/C14H12Br2N4/c1-20(2)12-6-5-11-14(18-12)19-13(17-11)9-7-8(15)3-4-10(9)16/h3-7H,1-2H3,(H,17,18,19). The summed E-state index contributed by atoms with van der Waals surface area (Å²) in [6.07, 6.45) is 0. The van der Waals surface area contributed by atoms with Crippen LogP contribution in [0.2, 0.25) is 0 Å². The van der Waals surface area contributed by atoms with Crippen LogP contribution in [0.3, 0.4) is 0 Å². The second-order valence-corrected chi connectivity index (χ2v) is 6.41. The second-order valence-electron chi connectivity index (χ2n) is 4.64. The van der Waals surface area contributed by atoms with E-state index in [4.69, 9.17) is 0 Å². The molecule has 0 spiro atoms. The van der Waals surface area contributed by atoms with Gasteiger partial charge in [-0.05, 0) is 30.3 Å². The lowest BCUT2D eigenvalue weighted by Gasteiger charge is -2.09. The van der Waals surface area contributed by atoms with Gasteiger partial charge in [-0.2, -0.15) is 0 Å². The summed E-state index contributed by atoms with van der Waals surface area (Å²) < 4.78 is 2.01. The van der Waals surface area contributed by atoms with Crippen molar-refractivity contribution in [1.82, 2.24) is 15.0 Å². The van der Waals surface area contributed by atoms with Crippen LogP contribution in [-0.4, -0.2) is 29.0 Å². The van der Waals surface area contributed by atoms with E-state index in [1.807, 2.05) is 49.3 Å². The van der Waals surface area contributed by atoms with Crippen molar-refractivity contribution < 1.29 is 0 Å². The molecule has 0 radical (unpaired) electrons. The van der Waals surface area contributed by atoms with Gasteiger partial charge < -0.3 is 9.88 Å². The molecule has 0 aliphatic carbocycles. The number of imidazole rings is 1. The van der Waals surface area contributed by atoms with Crippen LogP contribution < -0.4 is 4.90 Å². The smallest absolute Gasteiger partial charge is 0.180 e. The van der Waals surface area contributed by atoms with E-state index in [9.17, 15) is 0 Å². The highest BCUT2D eigenvalue weighted by Gasteiger charge is 2.11. The Hall–Kier alpha value is -1.40. The molecule has 1 aromatic carbocycles. The Kier molecular flexibility index (Phi) is 3.52. The maximum atomic E-state index is 4.58. The topological polar surface area (TPSA) is 44.8 Å². The number of hydrogen-bond donors (Lipinski definition) is 1. The van der Waals surface area contributed by atoms with Crippen molar-refractivity contribution >= 4 is 48.8 Å². The fraction of sp³-hybridized carbons (Fsp3) is 0.143. The Morgan fingerprint density at radius 2 is 1.85 bits per heavy atom. The first-order valence-corrected chi connectivity index (χ1v) is 7.63. The van der Waals surface area contributed by atoms with E-state index in [2.05, 4.69) is 46.8 Å². The van der Waals surface area contributed by atoms with Crippen LogP contribution in [0.5, 0.6) is 0 Å². The number of halogens is 2. The van der Waals surface area contributed by atoms with E-state index < -0.39 is 0 Å². The van der Waals surface area contributed by atoms with Gasteiger partial charge in [-0.25, -0.2) is 9.97 Å². The lowest BCUT2D eigenvalue weighted by Crippen LogP contribution is -2.10. The Labute approximate surface area is 133 Å². The summed E-state index contributed by atoms with van der Waals surface area (Å²) in [5, 5.41) is 0. The van der Waals surface area contributed by atoms with Crippen molar-refractivity contribution in [3.63, 3.8) is 0 Å². The number of hydrogen-bond acceptors (Lipinski definition) is 3. The van der Waals surface area contributed by atoms with E-state index in [0.29, 0.717) is 0 Å². The molecule has 0 bridgehead atoms. The molecule has 0 saturated heterocycles. The summed E-state index contributed by atoms with van der Waals surface area (Å²) in [5.74, 6) is 1.69. The normalized spacial score (nSPS) is 11.0. The van der Waals surface area contributed by atoms with Gasteiger partial charge in [-0.1, -0.05) is 31.9 Å². The minimum Gasteiger partial charge on any atom is -0.363 e. The molecule has 20 heavy (non-hydrogen) atoms. The number of rotatable bonds is 2. The molecule has 2 heterocycles. The molecule has 3 aromatic rings. The molecule has 4 nitrogen and oxygen atoms in total. The lowest BCUT2D eigenvalue weighted by molar-refractivity contribution is 1.08. The number of anilines is 1. The summed E-state index contributed by atoms with van der Waals surface area (Å²) in [6.45, 7) is 0. The quantitative estimate of drug-likeness (QED) is 0.706. The zero-order valence-corrected chi connectivity index (χ0v) is 14.2. The highest BCUT2D eigenvalue weighted by molar-refractivity contribution is 9.11. The van der Waals surface area contributed by atoms with E-state index in [-0.39, 0.29) is 0 Å². The fourth-order valence-electron chi connectivity index (χ4n) is 1.94. The molecule has 0 aliphatic heterocycles. The van der Waals surface area contributed by atoms with Gasteiger partial charge >= 0.3 is 0 Å². The van der Waals surface area contributed by atoms with Crippen molar-refractivity contribution in [1.29, 1.82) is 0 Å². The van der Waals surface area contributed by atoms with Crippen LogP contribution in [0.4, 0.5) is 5.82 Å². The number of H-pyrrole nitrogens is 1. The van der Waals surface area contributed by atoms with Gasteiger partial charge in [0.25, 0.3) is 0 Å². The highest BCUT2D eigenvalue weighted by atomic mass is 79.9. The Morgan fingerprint density at radius 1 is 1.05 bits per heavy atom. The summed E-state index contributed by atoms with van der Waals surface area (Å²) in [7, 11) is 3.93. The van der Waals surface area contributed by atoms with E-state index in [0.717, 1.165) is 37.3 Å². The molecule has 2 aromatic heterocycles. The van der Waals surface area contributed by atoms with Crippen LogP contribution in [0.15, 0.2) is 39.3 Å². The number of nitrogens with one attached hydrogen (secondary N) is 1. The monoisotopic (exact) mass is 394 g/mol. The molecule has 0 atom stereocenters. The Bertz CT molecular complexity index is 780. The molecular formula is C14H12Br2N4. The Morgan fingerprint density at radius 3 is 2.60 bits per heavy atom. The molecule has 0 amide bonds. The van der Waals surface area contributed by atoms with E-state index in [1.54, 1.807) is 0 Å². The van der Waals surface area contributed by atoms with Crippen LogP contribution in [0.25, 0.3) is 22.6 Å². The first-order chi connectivity index (χ1) is 9.54. The molecule has 0 saturated carbocycles. The number of benzene rings is 1.